The lowest BCUT2D eigenvalue weighted by molar-refractivity contribution is -0.118. The highest BCUT2D eigenvalue weighted by atomic mass is 32.1. The number of ketones is 1. The average molecular weight is 329 g/mol. The predicted octanol–water partition coefficient (Wildman–Crippen LogP) is 2.79. The number of nitrogens with zero attached hydrogens (tertiary/aromatic N) is 2. The van der Waals surface area contributed by atoms with Gasteiger partial charge >= 0.3 is 0 Å². The Labute approximate surface area is 140 Å². The lowest BCUT2D eigenvalue weighted by Gasteiger charge is -2.33. The fraction of sp³-hybridized carbons (Fsp3) is 0.412. The maximum atomic E-state index is 12.6. The van der Waals surface area contributed by atoms with Crippen LogP contribution in [0.25, 0.3) is 0 Å². The molecular weight excluding hydrogens is 310 g/mol. The van der Waals surface area contributed by atoms with Gasteiger partial charge in [0.1, 0.15) is 11.7 Å². The van der Waals surface area contributed by atoms with E-state index in [0.29, 0.717) is 18.4 Å². The molecule has 0 saturated heterocycles. The van der Waals surface area contributed by atoms with Crippen molar-refractivity contribution in [3.05, 3.63) is 41.4 Å². The average Bonchev–Trinajstić information content (AvgIpc) is 2.45. The highest BCUT2D eigenvalue weighted by Crippen LogP contribution is 2.43. The molecule has 1 aliphatic carbocycles. The van der Waals surface area contributed by atoms with Gasteiger partial charge in [-0.1, -0.05) is 32.1 Å². The van der Waals surface area contributed by atoms with Gasteiger partial charge in [0.2, 0.25) is 0 Å². The van der Waals surface area contributed by atoms with Crippen molar-refractivity contribution in [2.75, 3.05) is 0 Å². The van der Waals surface area contributed by atoms with Crippen molar-refractivity contribution in [3.8, 4) is 6.07 Å². The second kappa shape index (κ2) is 6.47. The van der Waals surface area contributed by atoms with Crippen LogP contribution < -0.4 is 5.73 Å². The Kier molecular flexibility index (Phi) is 4.81. The molecule has 2 rings (SSSR count). The number of aliphatic hydroxyl groups excluding tert-OH is 1. The van der Waals surface area contributed by atoms with Crippen molar-refractivity contribution in [1.82, 2.24) is 4.98 Å². The molecule has 0 saturated carbocycles. The monoisotopic (exact) mass is 329 g/mol. The second-order valence-electron chi connectivity index (χ2n) is 6.57. The summed E-state index contributed by atoms with van der Waals surface area (Å²) in [7, 11) is 0. The Hall–Kier alpha value is -2.26. The van der Waals surface area contributed by atoms with E-state index in [0.717, 1.165) is 0 Å². The second-order valence-corrected chi connectivity index (χ2v) is 7.05. The molecule has 2 atom stereocenters. The standard InChI is InChI=1S/C17H19N3O2S/c1-17(2)6-12(21)15(13(22)7-17)14(11(8-18)16(19)23)10-4-3-5-20-9-10/h3-5,9,11,14,21H,6-7H2,1-2H3,(H2,19,23). The summed E-state index contributed by atoms with van der Waals surface area (Å²) in [6, 6.07) is 5.54. The van der Waals surface area contributed by atoms with E-state index in [1.54, 1.807) is 24.5 Å². The van der Waals surface area contributed by atoms with E-state index in [1.807, 2.05) is 13.8 Å². The first-order valence-electron chi connectivity index (χ1n) is 7.31. The summed E-state index contributed by atoms with van der Waals surface area (Å²) < 4.78 is 0. The number of hydrogen-bond acceptors (Lipinski definition) is 5. The van der Waals surface area contributed by atoms with Crippen LogP contribution in [0.5, 0.6) is 0 Å². The number of Topliss-reactive ketones (excluding diaryl/α,β-unsaturated/α-hetero) is 1. The van der Waals surface area contributed by atoms with Crippen molar-refractivity contribution in [2.45, 2.75) is 32.6 Å². The lowest BCUT2D eigenvalue weighted by atomic mass is 9.70. The summed E-state index contributed by atoms with van der Waals surface area (Å²) in [5, 5.41) is 20.0. The lowest BCUT2D eigenvalue weighted by Crippen LogP contribution is -2.34. The minimum absolute atomic E-state index is 0.000660. The van der Waals surface area contributed by atoms with Crippen LogP contribution in [0.15, 0.2) is 35.9 Å². The SMILES string of the molecule is CC1(C)CC(=O)C(C(c2cccnc2)C(C#N)C(N)=S)=C(O)C1. The molecule has 23 heavy (non-hydrogen) atoms. The van der Waals surface area contributed by atoms with Gasteiger partial charge in [-0.3, -0.25) is 9.78 Å². The maximum Gasteiger partial charge on any atom is 0.163 e. The number of allylic oxidation sites excluding steroid dienone is 2. The molecule has 2 unspecified atom stereocenters. The molecule has 1 aromatic heterocycles. The van der Waals surface area contributed by atoms with Gasteiger partial charge in [-0.25, -0.2) is 0 Å². The van der Waals surface area contributed by atoms with E-state index in [9.17, 15) is 15.2 Å². The van der Waals surface area contributed by atoms with E-state index in [2.05, 4.69) is 11.1 Å². The Bertz CT molecular complexity index is 704. The van der Waals surface area contributed by atoms with E-state index < -0.39 is 11.8 Å². The maximum absolute atomic E-state index is 12.6. The molecule has 0 spiro atoms. The van der Waals surface area contributed by atoms with Gasteiger partial charge in [-0.2, -0.15) is 5.26 Å². The van der Waals surface area contributed by atoms with Gasteiger partial charge in [-0.15, -0.1) is 0 Å². The number of rotatable bonds is 4. The van der Waals surface area contributed by atoms with Crippen molar-refractivity contribution >= 4 is 23.0 Å². The smallest absolute Gasteiger partial charge is 0.163 e. The van der Waals surface area contributed by atoms with Crippen molar-refractivity contribution < 1.29 is 9.90 Å². The van der Waals surface area contributed by atoms with Crippen LogP contribution in [-0.2, 0) is 4.79 Å². The number of pyridine rings is 1. The molecule has 120 valence electrons. The first-order valence-corrected chi connectivity index (χ1v) is 7.72. The Morgan fingerprint density at radius 1 is 1.52 bits per heavy atom. The van der Waals surface area contributed by atoms with Crippen molar-refractivity contribution in [2.24, 2.45) is 17.1 Å². The third kappa shape index (κ3) is 3.57. The molecule has 0 fully saturated rings. The van der Waals surface area contributed by atoms with Crippen LogP contribution in [0.3, 0.4) is 0 Å². The van der Waals surface area contributed by atoms with Gasteiger partial charge < -0.3 is 10.8 Å². The summed E-state index contributed by atoms with van der Waals surface area (Å²) in [6.07, 6.45) is 3.85. The molecule has 0 radical (unpaired) electrons. The van der Waals surface area contributed by atoms with E-state index in [-0.39, 0.29) is 27.5 Å². The summed E-state index contributed by atoms with van der Waals surface area (Å²) in [4.78, 5) is 16.7. The summed E-state index contributed by atoms with van der Waals surface area (Å²) in [6.45, 7) is 3.85. The van der Waals surface area contributed by atoms with Gasteiger partial charge in [0.05, 0.1) is 11.1 Å². The van der Waals surface area contributed by atoms with Crippen LogP contribution in [0, 0.1) is 22.7 Å². The van der Waals surface area contributed by atoms with E-state index >= 15 is 0 Å². The number of nitrogens with two attached hydrogens (primary N) is 1. The van der Waals surface area contributed by atoms with Gasteiger partial charge in [0.25, 0.3) is 0 Å². The molecule has 5 nitrogen and oxygen atoms in total. The Balaban J connectivity index is 2.61. The van der Waals surface area contributed by atoms with E-state index in [1.165, 1.54) is 0 Å². The first kappa shape index (κ1) is 17.1. The quantitative estimate of drug-likeness (QED) is 0.824. The molecule has 0 aromatic carbocycles. The molecular formula is C17H19N3O2S. The number of aromatic nitrogens is 1. The molecule has 1 aliphatic rings. The zero-order valence-electron chi connectivity index (χ0n) is 13.1. The molecule has 0 bridgehead atoms. The number of aliphatic hydroxyl groups is 1. The fourth-order valence-corrected chi connectivity index (χ4v) is 3.23. The fourth-order valence-electron chi connectivity index (χ4n) is 3.04. The molecule has 1 aromatic rings. The molecule has 0 aliphatic heterocycles. The highest BCUT2D eigenvalue weighted by Gasteiger charge is 2.40. The Morgan fingerprint density at radius 3 is 2.70 bits per heavy atom. The summed E-state index contributed by atoms with van der Waals surface area (Å²) >= 11 is 5.00. The largest absolute Gasteiger partial charge is 0.512 e. The zero-order valence-corrected chi connectivity index (χ0v) is 13.9. The third-order valence-corrected chi connectivity index (χ3v) is 4.28. The van der Waals surface area contributed by atoms with Crippen LogP contribution >= 0.6 is 12.2 Å². The summed E-state index contributed by atoms with van der Waals surface area (Å²) in [5.41, 5.74) is 6.27. The van der Waals surface area contributed by atoms with E-state index in [4.69, 9.17) is 18.0 Å². The van der Waals surface area contributed by atoms with Crippen LogP contribution in [-0.4, -0.2) is 20.9 Å². The predicted molar refractivity (Wildman–Crippen MR) is 90.5 cm³/mol. The molecule has 6 heteroatoms. The minimum atomic E-state index is -0.878. The van der Waals surface area contributed by atoms with Crippen LogP contribution in [0.1, 0.15) is 38.2 Å². The molecule has 1 heterocycles. The van der Waals surface area contributed by atoms with Gasteiger partial charge in [0.15, 0.2) is 5.78 Å². The van der Waals surface area contributed by atoms with Crippen LogP contribution in [0.4, 0.5) is 0 Å². The molecule has 3 N–H and O–H groups in total. The third-order valence-electron chi connectivity index (χ3n) is 4.03. The van der Waals surface area contributed by atoms with Crippen molar-refractivity contribution in [3.63, 3.8) is 0 Å². The first-order chi connectivity index (χ1) is 10.8. The van der Waals surface area contributed by atoms with Crippen LogP contribution in [0.2, 0.25) is 0 Å². The topological polar surface area (TPSA) is 100 Å². The van der Waals surface area contributed by atoms with Gasteiger partial charge in [0, 0.05) is 36.7 Å². The number of nitriles is 1. The molecule has 0 amide bonds. The minimum Gasteiger partial charge on any atom is -0.512 e. The normalized spacial score (nSPS) is 19.8. The summed E-state index contributed by atoms with van der Waals surface area (Å²) in [5.74, 6) is -1.74. The number of hydrogen-bond donors (Lipinski definition) is 2. The number of carbonyl (C=O) groups is 1. The number of thiocarbonyl (C=S) groups is 1. The zero-order chi connectivity index (χ0) is 17.2. The number of carbonyl (C=O) groups excluding carboxylic acids is 1. The highest BCUT2D eigenvalue weighted by molar-refractivity contribution is 7.80. The van der Waals surface area contributed by atoms with Crippen molar-refractivity contribution in [1.29, 1.82) is 5.26 Å². The van der Waals surface area contributed by atoms with Gasteiger partial charge in [-0.05, 0) is 17.0 Å². The Morgan fingerprint density at radius 2 is 2.22 bits per heavy atom.